The molecule has 0 radical (unpaired) electrons. The number of anilines is 1. The highest BCUT2D eigenvalue weighted by atomic mass is 19.1. The van der Waals surface area contributed by atoms with E-state index in [1.54, 1.807) is 16.7 Å². The van der Waals surface area contributed by atoms with Crippen LogP contribution < -0.4 is 20.6 Å². The van der Waals surface area contributed by atoms with Gasteiger partial charge in [0.2, 0.25) is 0 Å². The number of benzene rings is 3. The Labute approximate surface area is 214 Å². The zero-order chi connectivity index (χ0) is 25.8. The number of aromatic nitrogens is 2. The van der Waals surface area contributed by atoms with Crippen molar-refractivity contribution >= 4 is 16.7 Å². The summed E-state index contributed by atoms with van der Waals surface area (Å²) in [6.07, 6.45) is 0. The summed E-state index contributed by atoms with van der Waals surface area (Å²) < 4.78 is 22.9. The Balaban J connectivity index is 1.73. The van der Waals surface area contributed by atoms with Crippen molar-refractivity contribution in [2.24, 2.45) is 0 Å². The van der Waals surface area contributed by atoms with E-state index in [9.17, 15) is 9.90 Å². The lowest BCUT2D eigenvalue weighted by Gasteiger charge is -2.38. The Morgan fingerprint density at radius 2 is 1.97 bits per heavy atom. The van der Waals surface area contributed by atoms with Crippen molar-refractivity contribution in [2.75, 3.05) is 24.6 Å². The fraction of sp³-hybridized carbons (Fsp3) is 0.310. The van der Waals surface area contributed by atoms with Crippen LogP contribution in [0.15, 0.2) is 59.4 Å². The molecule has 2 aliphatic heterocycles. The molecular weight excluding hydrogens is 471 g/mol. The van der Waals surface area contributed by atoms with Gasteiger partial charge in [-0.1, -0.05) is 38.1 Å². The number of ether oxygens (including phenoxy) is 1. The zero-order valence-electron chi connectivity index (χ0n) is 21.0. The number of aromatic hydroxyl groups is 1. The van der Waals surface area contributed by atoms with Crippen LogP contribution in [0.25, 0.3) is 27.7 Å². The summed E-state index contributed by atoms with van der Waals surface area (Å²) in [4.78, 5) is 20.6. The number of rotatable bonds is 3. The van der Waals surface area contributed by atoms with Gasteiger partial charge >= 0.3 is 5.69 Å². The van der Waals surface area contributed by atoms with E-state index in [1.165, 1.54) is 18.2 Å². The van der Waals surface area contributed by atoms with Gasteiger partial charge in [0.25, 0.3) is 0 Å². The van der Waals surface area contributed by atoms with Gasteiger partial charge in [-0.25, -0.2) is 9.18 Å². The van der Waals surface area contributed by atoms with E-state index < -0.39 is 11.5 Å². The van der Waals surface area contributed by atoms with E-state index in [0.29, 0.717) is 47.7 Å². The first-order chi connectivity index (χ1) is 17.8. The zero-order valence-corrected chi connectivity index (χ0v) is 21.0. The third kappa shape index (κ3) is 3.83. The number of nitrogens with one attached hydrogen (secondary N) is 1. The first-order valence-electron chi connectivity index (χ1n) is 12.6. The largest absolute Gasteiger partial charge is 0.507 e. The molecule has 2 N–H and O–H groups in total. The van der Waals surface area contributed by atoms with E-state index in [4.69, 9.17) is 4.74 Å². The van der Waals surface area contributed by atoms with Crippen LogP contribution in [0.2, 0.25) is 0 Å². The minimum absolute atomic E-state index is 0.0113. The van der Waals surface area contributed by atoms with Gasteiger partial charge in [0.1, 0.15) is 29.7 Å². The van der Waals surface area contributed by atoms with E-state index in [2.05, 4.69) is 36.0 Å². The molecule has 37 heavy (non-hydrogen) atoms. The maximum absolute atomic E-state index is 15.0. The van der Waals surface area contributed by atoms with Gasteiger partial charge in [0.05, 0.1) is 28.2 Å². The lowest BCUT2D eigenvalue weighted by molar-refractivity contribution is 0.263. The number of halogens is 1. The molecule has 7 nitrogen and oxygen atoms in total. The topological polar surface area (TPSA) is 79.6 Å². The van der Waals surface area contributed by atoms with Crippen molar-refractivity contribution in [3.05, 3.63) is 76.5 Å². The first-order valence-corrected chi connectivity index (χ1v) is 12.6. The molecule has 1 saturated heterocycles. The number of fused-ring (bicyclic) bond motifs is 2. The van der Waals surface area contributed by atoms with Crippen molar-refractivity contribution in [2.45, 2.75) is 38.8 Å². The summed E-state index contributed by atoms with van der Waals surface area (Å²) >= 11 is 0. The molecule has 2 aliphatic rings. The quantitative estimate of drug-likeness (QED) is 0.429. The molecule has 4 aromatic rings. The van der Waals surface area contributed by atoms with Gasteiger partial charge in [-0.15, -0.1) is 0 Å². The molecule has 0 spiro atoms. The summed E-state index contributed by atoms with van der Waals surface area (Å²) in [5.74, 6) is 0.507. The van der Waals surface area contributed by atoms with Gasteiger partial charge in [-0.3, -0.25) is 4.57 Å². The standard InChI is InChI=1S/C29H29FN4O3/c1-16(2)20-7-4-5-9-22(20)34-23-11-18(26-21(30)8-6-10-24(26)35)12-25-27(23)28(32-29(34)36)33-14-17(3)31-13-19(33)15-37-25/h4-12,16-17,19,31,35H,13-15H2,1-3H3/t17-,19+/m1/s1. The van der Waals surface area contributed by atoms with Crippen LogP contribution in [0.1, 0.15) is 32.3 Å². The monoisotopic (exact) mass is 500 g/mol. The third-order valence-corrected chi connectivity index (χ3v) is 7.34. The van der Waals surface area contributed by atoms with Gasteiger partial charge in [0, 0.05) is 19.1 Å². The molecule has 1 fully saturated rings. The second-order valence-electron chi connectivity index (χ2n) is 10.2. The van der Waals surface area contributed by atoms with Crippen molar-refractivity contribution in [1.29, 1.82) is 0 Å². The third-order valence-electron chi connectivity index (χ3n) is 7.34. The minimum Gasteiger partial charge on any atom is -0.507 e. The number of nitrogens with zero attached hydrogens (tertiary/aromatic N) is 3. The van der Waals surface area contributed by atoms with Crippen LogP contribution in [-0.2, 0) is 0 Å². The number of hydrogen-bond donors (Lipinski definition) is 2. The van der Waals surface area contributed by atoms with Crippen LogP contribution in [-0.4, -0.2) is 46.4 Å². The molecule has 2 atom stereocenters. The molecule has 3 aromatic carbocycles. The van der Waals surface area contributed by atoms with Crippen LogP contribution in [0, 0.1) is 5.82 Å². The van der Waals surface area contributed by atoms with Crippen molar-refractivity contribution in [3.63, 3.8) is 0 Å². The summed E-state index contributed by atoms with van der Waals surface area (Å²) in [7, 11) is 0. The molecule has 8 heteroatoms. The predicted molar refractivity (Wildman–Crippen MR) is 143 cm³/mol. The number of para-hydroxylation sites is 1. The lowest BCUT2D eigenvalue weighted by atomic mass is 9.99. The SMILES string of the molecule is CC(C)c1ccccc1-n1c(=O)nc2c3c(cc(-c4c(O)cccc4F)cc31)OC[C@@H]1CN[C@H](C)CN21. The first kappa shape index (κ1) is 23.5. The van der Waals surface area contributed by atoms with Gasteiger partial charge in [0.15, 0.2) is 0 Å². The Morgan fingerprint density at radius 3 is 2.76 bits per heavy atom. The highest BCUT2D eigenvalue weighted by Crippen LogP contribution is 2.43. The number of piperazine rings is 1. The minimum atomic E-state index is -0.554. The lowest BCUT2D eigenvalue weighted by Crippen LogP contribution is -2.57. The maximum atomic E-state index is 15.0. The smallest absolute Gasteiger partial charge is 0.354 e. The normalized spacial score (nSPS) is 19.0. The van der Waals surface area contributed by atoms with Gasteiger partial charge in [-0.2, -0.15) is 4.98 Å². The fourth-order valence-electron chi connectivity index (χ4n) is 5.53. The molecule has 0 unspecified atom stereocenters. The van der Waals surface area contributed by atoms with Gasteiger partial charge in [-0.05, 0) is 54.3 Å². The Kier molecular flexibility index (Phi) is 5.64. The second kappa shape index (κ2) is 8.88. The molecular formula is C29H29FN4O3. The highest BCUT2D eigenvalue weighted by Gasteiger charge is 2.34. The van der Waals surface area contributed by atoms with Crippen molar-refractivity contribution in [3.8, 4) is 28.3 Å². The van der Waals surface area contributed by atoms with Crippen LogP contribution >= 0.6 is 0 Å². The molecule has 3 heterocycles. The number of phenolic OH excluding ortho intramolecular Hbond substituents is 1. The van der Waals surface area contributed by atoms with Crippen LogP contribution in [0.4, 0.5) is 10.2 Å². The van der Waals surface area contributed by atoms with E-state index >= 15 is 4.39 Å². The number of hydrogen-bond acceptors (Lipinski definition) is 6. The van der Waals surface area contributed by atoms with E-state index in [1.807, 2.05) is 24.3 Å². The molecule has 6 rings (SSSR count). The van der Waals surface area contributed by atoms with Crippen LogP contribution in [0.3, 0.4) is 0 Å². The molecule has 0 aliphatic carbocycles. The van der Waals surface area contributed by atoms with Crippen molar-refractivity contribution in [1.82, 2.24) is 14.9 Å². The Bertz CT molecular complexity index is 1560. The Hall–Kier alpha value is -3.91. The molecule has 0 saturated carbocycles. The highest BCUT2D eigenvalue weighted by molar-refractivity contribution is 6.00. The molecule has 1 aromatic heterocycles. The average molecular weight is 501 g/mol. The average Bonchev–Trinajstić information content (AvgIpc) is 3.01. The summed E-state index contributed by atoms with van der Waals surface area (Å²) in [5.41, 5.74) is 2.35. The number of phenols is 1. The summed E-state index contributed by atoms with van der Waals surface area (Å²) in [5, 5.41) is 14.8. The summed E-state index contributed by atoms with van der Waals surface area (Å²) in [6, 6.07) is 15.7. The fourth-order valence-corrected chi connectivity index (χ4v) is 5.53. The molecule has 0 bridgehead atoms. The predicted octanol–water partition coefficient (Wildman–Crippen LogP) is 4.58. The Morgan fingerprint density at radius 1 is 1.16 bits per heavy atom. The van der Waals surface area contributed by atoms with E-state index in [-0.39, 0.29) is 29.3 Å². The summed E-state index contributed by atoms with van der Waals surface area (Å²) in [6.45, 7) is 8.01. The van der Waals surface area contributed by atoms with Gasteiger partial charge < -0.3 is 20.1 Å². The van der Waals surface area contributed by atoms with Crippen LogP contribution in [0.5, 0.6) is 11.5 Å². The molecule has 190 valence electrons. The van der Waals surface area contributed by atoms with Crippen molar-refractivity contribution < 1.29 is 14.2 Å². The maximum Gasteiger partial charge on any atom is 0.354 e. The second-order valence-corrected chi connectivity index (χ2v) is 10.2. The molecule has 0 amide bonds. The van der Waals surface area contributed by atoms with E-state index in [0.717, 1.165) is 11.3 Å².